The second-order valence-electron chi connectivity index (χ2n) is 5.60. The fourth-order valence-electron chi connectivity index (χ4n) is 2.21. The SMILES string of the molecule is CCNC(=NCC1(C)CCCO1)NCCCCC(F)(F)F.I. The molecule has 0 aromatic carbocycles. The van der Waals surface area contributed by atoms with Crippen molar-refractivity contribution in [1.29, 1.82) is 0 Å². The van der Waals surface area contributed by atoms with Crippen LogP contribution in [-0.4, -0.2) is 44.0 Å². The zero-order valence-electron chi connectivity index (χ0n) is 13.3. The van der Waals surface area contributed by atoms with Gasteiger partial charge in [-0.05, 0) is 39.5 Å². The Bertz CT molecular complexity index is 332. The van der Waals surface area contributed by atoms with E-state index in [0.717, 1.165) is 19.4 Å². The minimum atomic E-state index is -4.06. The number of nitrogens with one attached hydrogen (secondary N) is 2. The minimum Gasteiger partial charge on any atom is -0.373 e. The number of nitrogens with zero attached hydrogens (tertiary/aromatic N) is 1. The molecule has 22 heavy (non-hydrogen) atoms. The number of hydrogen-bond acceptors (Lipinski definition) is 2. The monoisotopic (exact) mass is 437 g/mol. The first-order valence-electron chi connectivity index (χ1n) is 7.57. The highest BCUT2D eigenvalue weighted by atomic mass is 127. The van der Waals surface area contributed by atoms with Crippen molar-refractivity contribution >= 4 is 29.9 Å². The van der Waals surface area contributed by atoms with Crippen LogP contribution >= 0.6 is 24.0 Å². The molecule has 132 valence electrons. The van der Waals surface area contributed by atoms with Gasteiger partial charge in [-0.25, -0.2) is 0 Å². The highest BCUT2D eigenvalue weighted by Crippen LogP contribution is 2.25. The molecule has 0 aromatic rings. The van der Waals surface area contributed by atoms with Crippen LogP contribution in [0, 0.1) is 0 Å². The Morgan fingerprint density at radius 1 is 1.27 bits per heavy atom. The number of rotatable bonds is 7. The summed E-state index contributed by atoms with van der Waals surface area (Å²) < 4.78 is 41.7. The van der Waals surface area contributed by atoms with Crippen LogP contribution in [0.1, 0.15) is 46.0 Å². The Kier molecular flexibility index (Phi) is 10.4. The van der Waals surface area contributed by atoms with Gasteiger partial charge in [-0.1, -0.05) is 0 Å². The number of alkyl halides is 3. The first-order chi connectivity index (χ1) is 9.85. The van der Waals surface area contributed by atoms with Crippen LogP contribution in [0.25, 0.3) is 0 Å². The lowest BCUT2D eigenvalue weighted by Crippen LogP contribution is -2.39. The summed E-state index contributed by atoms with van der Waals surface area (Å²) >= 11 is 0. The van der Waals surface area contributed by atoms with Crippen molar-refractivity contribution in [3.8, 4) is 0 Å². The van der Waals surface area contributed by atoms with Crippen LogP contribution in [0.3, 0.4) is 0 Å². The predicted octanol–water partition coefficient (Wildman–Crippen LogP) is 3.46. The smallest absolute Gasteiger partial charge is 0.373 e. The van der Waals surface area contributed by atoms with E-state index in [0.29, 0.717) is 32.0 Å². The standard InChI is InChI=1S/C14H26F3N3O.HI/c1-3-18-12(19-9-5-4-8-14(15,16)17)20-11-13(2)7-6-10-21-13;/h3-11H2,1-2H3,(H2,18,19,20);1H. The van der Waals surface area contributed by atoms with Gasteiger partial charge in [0.05, 0.1) is 12.1 Å². The molecule has 2 N–H and O–H groups in total. The Balaban J connectivity index is 0.00000441. The van der Waals surface area contributed by atoms with Gasteiger partial charge in [-0.3, -0.25) is 4.99 Å². The topological polar surface area (TPSA) is 45.7 Å². The van der Waals surface area contributed by atoms with Crippen LogP contribution in [0.4, 0.5) is 13.2 Å². The van der Waals surface area contributed by atoms with E-state index in [9.17, 15) is 13.2 Å². The summed E-state index contributed by atoms with van der Waals surface area (Å²) in [6.07, 6.45) is -2.15. The summed E-state index contributed by atoms with van der Waals surface area (Å²) in [6.45, 7) is 6.52. The molecule has 0 aliphatic carbocycles. The third-order valence-corrected chi connectivity index (χ3v) is 3.40. The third-order valence-electron chi connectivity index (χ3n) is 3.40. The van der Waals surface area contributed by atoms with Crippen LogP contribution in [0.15, 0.2) is 4.99 Å². The average molecular weight is 437 g/mol. The summed E-state index contributed by atoms with van der Waals surface area (Å²) in [6, 6.07) is 0. The molecule has 1 unspecified atom stereocenters. The van der Waals surface area contributed by atoms with Gasteiger partial charge in [0.25, 0.3) is 0 Å². The molecule has 0 aromatic heterocycles. The maximum absolute atomic E-state index is 12.0. The van der Waals surface area contributed by atoms with Crippen molar-refractivity contribution in [2.45, 2.75) is 57.7 Å². The summed E-state index contributed by atoms with van der Waals surface area (Å²) in [5, 5.41) is 6.16. The molecule has 0 saturated carbocycles. The fourth-order valence-corrected chi connectivity index (χ4v) is 2.21. The molecule has 1 saturated heterocycles. The zero-order valence-corrected chi connectivity index (χ0v) is 15.6. The molecule has 1 aliphatic rings. The lowest BCUT2D eigenvalue weighted by molar-refractivity contribution is -0.135. The Labute approximate surface area is 147 Å². The number of ether oxygens (including phenoxy) is 1. The van der Waals surface area contributed by atoms with Gasteiger partial charge in [-0.15, -0.1) is 24.0 Å². The number of aliphatic imine (C=N–C) groups is 1. The molecular weight excluding hydrogens is 410 g/mol. The molecule has 0 bridgehead atoms. The van der Waals surface area contributed by atoms with E-state index in [4.69, 9.17) is 4.74 Å². The van der Waals surface area contributed by atoms with Crippen LogP contribution in [0.2, 0.25) is 0 Å². The van der Waals surface area contributed by atoms with Crippen LogP contribution in [0.5, 0.6) is 0 Å². The number of guanidine groups is 1. The molecule has 4 nitrogen and oxygen atoms in total. The maximum atomic E-state index is 12.0. The molecule has 1 heterocycles. The summed E-state index contributed by atoms with van der Waals surface area (Å²) in [5.41, 5.74) is -0.210. The number of unbranched alkanes of at least 4 members (excludes halogenated alkanes) is 1. The number of halogens is 4. The summed E-state index contributed by atoms with van der Waals surface area (Å²) in [4.78, 5) is 4.46. The van der Waals surface area contributed by atoms with Crippen LogP contribution < -0.4 is 10.6 Å². The summed E-state index contributed by atoms with van der Waals surface area (Å²) in [5.74, 6) is 0.640. The van der Waals surface area contributed by atoms with Gasteiger partial charge >= 0.3 is 6.18 Å². The van der Waals surface area contributed by atoms with Gasteiger partial charge in [0.2, 0.25) is 0 Å². The van der Waals surface area contributed by atoms with Crippen molar-refractivity contribution in [1.82, 2.24) is 10.6 Å². The van der Waals surface area contributed by atoms with Gasteiger partial charge < -0.3 is 15.4 Å². The van der Waals surface area contributed by atoms with Crippen molar-refractivity contribution in [3.05, 3.63) is 0 Å². The van der Waals surface area contributed by atoms with E-state index in [1.165, 1.54) is 0 Å². The Morgan fingerprint density at radius 3 is 2.55 bits per heavy atom. The molecule has 1 fully saturated rings. The van der Waals surface area contributed by atoms with Gasteiger partial charge in [0, 0.05) is 26.1 Å². The first kappa shape index (κ1) is 21.8. The molecule has 1 rings (SSSR count). The fraction of sp³-hybridized carbons (Fsp3) is 0.929. The van der Waals surface area contributed by atoms with Crippen molar-refractivity contribution < 1.29 is 17.9 Å². The first-order valence-corrected chi connectivity index (χ1v) is 7.57. The zero-order chi connectivity index (χ0) is 15.8. The Morgan fingerprint density at radius 2 is 2.00 bits per heavy atom. The van der Waals surface area contributed by atoms with E-state index in [1.54, 1.807) is 0 Å². The van der Waals surface area contributed by atoms with Crippen molar-refractivity contribution in [2.75, 3.05) is 26.2 Å². The lowest BCUT2D eigenvalue weighted by Gasteiger charge is -2.21. The van der Waals surface area contributed by atoms with Gasteiger partial charge in [-0.2, -0.15) is 13.2 Å². The molecule has 1 aliphatic heterocycles. The van der Waals surface area contributed by atoms with E-state index in [1.807, 2.05) is 13.8 Å². The number of hydrogen-bond donors (Lipinski definition) is 2. The molecule has 0 amide bonds. The van der Waals surface area contributed by atoms with E-state index < -0.39 is 12.6 Å². The summed E-state index contributed by atoms with van der Waals surface area (Å²) in [7, 11) is 0. The predicted molar refractivity (Wildman–Crippen MR) is 92.9 cm³/mol. The molecular formula is C14H27F3IN3O. The van der Waals surface area contributed by atoms with E-state index >= 15 is 0 Å². The largest absolute Gasteiger partial charge is 0.389 e. The highest BCUT2D eigenvalue weighted by molar-refractivity contribution is 14.0. The minimum absolute atomic E-state index is 0. The molecule has 0 spiro atoms. The van der Waals surface area contributed by atoms with E-state index in [-0.39, 0.29) is 36.0 Å². The molecule has 1 atom stereocenters. The quantitative estimate of drug-likeness (QED) is 0.278. The van der Waals surface area contributed by atoms with Crippen molar-refractivity contribution in [3.63, 3.8) is 0 Å². The second-order valence-corrected chi connectivity index (χ2v) is 5.60. The van der Waals surface area contributed by atoms with Crippen molar-refractivity contribution in [2.24, 2.45) is 4.99 Å². The maximum Gasteiger partial charge on any atom is 0.389 e. The van der Waals surface area contributed by atoms with Gasteiger partial charge in [0.15, 0.2) is 5.96 Å². The third kappa shape index (κ3) is 9.70. The second kappa shape index (κ2) is 10.5. The average Bonchev–Trinajstić information content (AvgIpc) is 2.81. The van der Waals surface area contributed by atoms with E-state index in [2.05, 4.69) is 15.6 Å². The molecule has 8 heteroatoms. The normalized spacial score (nSPS) is 22.3. The lowest BCUT2D eigenvalue weighted by atomic mass is 10.0. The Hall–Kier alpha value is -0.250. The van der Waals surface area contributed by atoms with Gasteiger partial charge in [0.1, 0.15) is 0 Å². The highest BCUT2D eigenvalue weighted by Gasteiger charge is 2.29. The molecule has 0 radical (unpaired) electrons. The van der Waals surface area contributed by atoms with Crippen LogP contribution in [-0.2, 0) is 4.74 Å².